The fraction of sp³-hybridized carbons (Fsp3) is 0.185. The second-order valence-electron chi connectivity index (χ2n) is 8.01. The van der Waals surface area contributed by atoms with Crippen molar-refractivity contribution in [2.75, 3.05) is 6.54 Å². The molecule has 2 aromatic carbocycles. The number of aromatic amines is 1. The minimum atomic E-state index is -2.88. The molecule has 0 aliphatic heterocycles. The Bertz CT molecular complexity index is 1290. The predicted molar refractivity (Wildman–Crippen MR) is 129 cm³/mol. The zero-order valence-corrected chi connectivity index (χ0v) is 18.9. The van der Waals surface area contributed by atoms with Gasteiger partial charge in [-0.3, -0.25) is 5.10 Å². The maximum atomic E-state index is 13.5. The molecular formula is C27H25F2N5. The summed E-state index contributed by atoms with van der Waals surface area (Å²) < 4.78 is 28.7. The third-order valence-electron chi connectivity index (χ3n) is 5.37. The molecule has 0 aliphatic carbocycles. The predicted octanol–water partition coefficient (Wildman–Crippen LogP) is 5.30. The summed E-state index contributed by atoms with van der Waals surface area (Å²) in [5.74, 6) is 3.38. The van der Waals surface area contributed by atoms with Gasteiger partial charge in [-0.05, 0) is 54.3 Å². The first-order valence-corrected chi connectivity index (χ1v) is 11.0. The van der Waals surface area contributed by atoms with E-state index in [4.69, 9.17) is 0 Å². The highest BCUT2D eigenvalue weighted by Gasteiger charge is 2.23. The Labute approximate surface area is 197 Å². The Hall–Kier alpha value is -4.18. The molecule has 5 nitrogen and oxygen atoms in total. The molecule has 0 saturated heterocycles. The third kappa shape index (κ3) is 5.78. The largest absolute Gasteiger partial charge is 0.385 e. The highest BCUT2D eigenvalue weighted by atomic mass is 19.3. The number of benzene rings is 2. The number of halogens is 2. The van der Waals surface area contributed by atoms with E-state index >= 15 is 0 Å². The minimum absolute atomic E-state index is 0.0348. The lowest BCUT2D eigenvalue weighted by Gasteiger charge is -2.12. The number of aryl methyl sites for hydroxylation is 1. The molecule has 4 rings (SSSR count). The molecule has 7 heteroatoms. The number of rotatable bonds is 8. The Balaban J connectivity index is 1.52. The summed E-state index contributed by atoms with van der Waals surface area (Å²) in [6.07, 6.45) is 9.15. The highest BCUT2D eigenvalue weighted by Crippen LogP contribution is 2.26. The first kappa shape index (κ1) is 23.0. The summed E-state index contributed by atoms with van der Waals surface area (Å²) in [6, 6.07) is 13.8. The van der Waals surface area contributed by atoms with Crippen molar-refractivity contribution in [2.24, 2.45) is 0 Å². The van der Waals surface area contributed by atoms with Gasteiger partial charge in [0.05, 0.1) is 17.4 Å². The maximum Gasteiger partial charge on any atom is 0.270 e. The summed E-state index contributed by atoms with van der Waals surface area (Å²) >= 11 is 0. The molecule has 4 aromatic rings. The lowest BCUT2D eigenvalue weighted by atomic mass is 10.0. The average Bonchev–Trinajstić information content (AvgIpc) is 3.54. The molecule has 0 saturated carbocycles. The number of hydrogen-bond donors (Lipinski definition) is 2. The monoisotopic (exact) mass is 457 g/mol. The van der Waals surface area contributed by atoms with Gasteiger partial charge in [0.25, 0.3) is 5.92 Å². The van der Waals surface area contributed by atoms with Gasteiger partial charge in [-0.2, -0.15) is 10.2 Å². The molecule has 0 radical (unpaired) electrons. The van der Waals surface area contributed by atoms with Crippen LogP contribution in [0.3, 0.4) is 0 Å². The molecule has 2 aromatic heterocycles. The second-order valence-corrected chi connectivity index (χ2v) is 8.01. The normalized spacial score (nSPS) is 11.0. The van der Waals surface area contributed by atoms with Crippen LogP contribution in [-0.4, -0.2) is 26.5 Å². The summed E-state index contributed by atoms with van der Waals surface area (Å²) in [5, 5.41) is 14.5. The number of aromatic nitrogens is 4. The number of nitrogens with zero attached hydrogens (tertiary/aromatic N) is 3. The second kappa shape index (κ2) is 10.2. The summed E-state index contributed by atoms with van der Waals surface area (Å²) in [5.41, 5.74) is 5.09. The van der Waals surface area contributed by atoms with Crippen LogP contribution in [0, 0.1) is 11.8 Å². The Kier molecular flexibility index (Phi) is 6.88. The van der Waals surface area contributed by atoms with Crippen molar-refractivity contribution in [3.8, 4) is 17.5 Å². The van der Waals surface area contributed by atoms with Gasteiger partial charge in [0.15, 0.2) is 0 Å². The Morgan fingerprint density at radius 2 is 2.00 bits per heavy atom. The van der Waals surface area contributed by atoms with Crippen LogP contribution >= 0.6 is 0 Å². The minimum Gasteiger partial charge on any atom is -0.385 e. The molecule has 0 amide bonds. The lowest BCUT2D eigenvalue weighted by Crippen LogP contribution is -2.14. The van der Waals surface area contributed by atoms with Crippen molar-refractivity contribution < 1.29 is 8.78 Å². The van der Waals surface area contributed by atoms with E-state index in [2.05, 4.69) is 39.0 Å². The van der Waals surface area contributed by atoms with Gasteiger partial charge >= 0.3 is 0 Å². The molecule has 172 valence electrons. The molecule has 0 aliphatic rings. The zero-order chi connectivity index (χ0) is 24.0. The van der Waals surface area contributed by atoms with Crippen LogP contribution in [0.1, 0.15) is 41.2 Å². The van der Waals surface area contributed by atoms with Crippen LogP contribution in [-0.2, 0) is 12.3 Å². The standard InChI is InChI=1S/C27H25F2N5/c1-20(30-14-3-5-22-18-31-32-19-22)23-10-13-26(34-16-4-15-33-34)24(17-23)9-6-21-7-11-25(12-8-21)27(2,28)29/h4,7-8,10-13,15-19,30H,1,3,5,14H2,2H3,(H,31,32). The maximum absolute atomic E-state index is 13.5. The van der Waals surface area contributed by atoms with Crippen LogP contribution in [0.2, 0.25) is 0 Å². The van der Waals surface area contributed by atoms with Gasteiger partial charge in [0.2, 0.25) is 0 Å². The first-order chi connectivity index (χ1) is 16.4. The van der Waals surface area contributed by atoms with Crippen molar-refractivity contribution in [3.05, 3.63) is 108 Å². The van der Waals surface area contributed by atoms with E-state index in [0.717, 1.165) is 48.8 Å². The summed E-state index contributed by atoms with van der Waals surface area (Å²) in [4.78, 5) is 0. The topological polar surface area (TPSA) is 58.5 Å². The van der Waals surface area contributed by atoms with Gasteiger partial charge in [0.1, 0.15) is 0 Å². The summed E-state index contributed by atoms with van der Waals surface area (Å²) in [6.45, 7) is 5.83. The molecule has 0 bridgehead atoms. The van der Waals surface area contributed by atoms with Gasteiger partial charge in [0, 0.05) is 48.9 Å². The number of nitrogens with one attached hydrogen (secondary N) is 2. The van der Waals surface area contributed by atoms with Crippen molar-refractivity contribution >= 4 is 5.70 Å². The molecule has 34 heavy (non-hydrogen) atoms. The van der Waals surface area contributed by atoms with Crippen molar-refractivity contribution in [1.82, 2.24) is 25.3 Å². The SMILES string of the molecule is C=C(NCCCc1cn[nH]c1)c1ccc(-n2cccn2)c(C#Cc2ccc(C(C)(F)F)cc2)c1. The van der Waals surface area contributed by atoms with E-state index < -0.39 is 5.92 Å². The van der Waals surface area contributed by atoms with Crippen LogP contribution in [0.25, 0.3) is 11.4 Å². The number of hydrogen-bond acceptors (Lipinski definition) is 3. The smallest absolute Gasteiger partial charge is 0.270 e. The fourth-order valence-electron chi connectivity index (χ4n) is 3.47. The van der Waals surface area contributed by atoms with E-state index in [9.17, 15) is 8.78 Å². The van der Waals surface area contributed by atoms with Crippen molar-refractivity contribution in [2.45, 2.75) is 25.7 Å². The van der Waals surface area contributed by atoms with E-state index in [1.165, 1.54) is 17.7 Å². The highest BCUT2D eigenvalue weighted by molar-refractivity contribution is 5.67. The van der Waals surface area contributed by atoms with E-state index in [1.807, 2.05) is 42.9 Å². The van der Waals surface area contributed by atoms with Crippen molar-refractivity contribution in [1.29, 1.82) is 0 Å². The Morgan fingerprint density at radius 1 is 1.18 bits per heavy atom. The first-order valence-electron chi connectivity index (χ1n) is 11.0. The molecular weight excluding hydrogens is 432 g/mol. The molecule has 0 spiro atoms. The van der Waals surface area contributed by atoms with Crippen LogP contribution in [0.4, 0.5) is 8.78 Å². The fourth-order valence-corrected chi connectivity index (χ4v) is 3.47. The lowest BCUT2D eigenvalue weighted by molar-refractivity contribution is 0.0175. The average molecular weight is 458 g/mol. The van der Waals surface area contributed by atoms with Gasteiger partial charge in [-0.25, -0.2) is 13.5 Å². The molecule has 2 N–H and O–H groups in total. The van der Waals surface area contributed by atoms with Crippen LogP contribution < -0.4 is 5.32 Å². The van der Waals surface area contributed by atoms with Crippen LogP contribution in [0.15, 0.2) is 79.9 Å². The van der Waals surface area contributed by atoms with Gasteiger partial charge < -0.3 is 5.32 Å². The number of alkyl halides is 2. The Morgan fingerprint density at radius 3 is 2.68 bits per heavy atom. The van der Waals surface area contributed by atoms with E-state index in [0.29, 0.717) is 5.56 Å². The quantitative estimate of drug-likeness (QED) is 0.279. The van der Waals surface area contributed by atoms with E-state index in [1.54, 1.807) is 23.0 Å². The van der Waals surface area contributed by atoms with Gasteiger partial charge in [-0.15, -0.1) is 0 Å². The third-order valence-corrected chi connectivity index (χ3v) is 5.37. The molecule has 0 atom stereocenters. The van der Waals surface area contributed by atoms with Crippen molar-refractivity contribution in [3.63, 3.8) is 0 Å². The number of H-pyrrole nitrogens is 1. The summed E-state index contributed by atoms with van der Waals surface area (Å²) in [7, 11) is 0. The molecule has 0 unspecified atom stereocenters. The van der Waals surface area contributed by atoms with Gasteiger partial charge in [-0.1, -0.05) is 36.6 Å². The molecule has 0 fully saturated rings. The zero-order valence-electron chi connectivity index (χ0n) is 18.9. The van der Waals surface area contributed by atoms with Crippen LogP contribution in [0.5, 0.6) is 0 Å². The molecule has 2 heterocycles. The van der Waals surface area contributed by atoms with E-state index in [-0.39, 0.29) is 5.56 Å².